The van der Waals surface area contributed by atoms with Crippen molar-refractivity contribution in [3.05, 3.63) is 41.9 Å². The Hall–Kier alpha value is -0.820. The maximum atomic E-state index is 3.55. The van der Waals surface area contributed by atoms with Gasteiger partial charge in [0.15, 0.2) is 0 Å². The van der Waals surface area contributed by atoms with E-state index >= 15 is 0 Å². The lowest BCUT2D eigenvalue weighted by Gasteiger charge is -2.21. The molecule has 0 spiro atoms. The summed E-state index contributed by atoms with van der Waals surface area (Å²) in [6.07, 6.45) is 6.73. The third-order valence-corrected chi connectivity index (χ3v) is 2.84. The summed E-state index contributed by atoms with van der Waals surface area (Å²) in [5.41, 5.74) is 1.38. The normalized spacial score (nSPS) is 18.3. The molecule has 1 heteroatoms. The van der Waals surface area contributed by atoms with Crippen LogP contribution in [0.3, 0.4) is 0 Å². The summed E-state index contributed by atoms with van der Waals surface area (Å²) in [4.78, 5) is 0. The Kier molecular flexibility index (Phi) is 3.58. The van der Waals surface area contributed by atoms with Crippen LogP contribution < -0.4 is 5.32 Å². The largest absolute Gasteiger partial charge is 0.305 e. The first kappa shape index (κ1) is 9.72. The lowest BCUT2D eigenvalue weighted by atomic mass is 9.95. The summed E-state index contributed by atoms with van der Waals surface area (Å²) >= 11 is 0. The van der Waals surface area contributed by atoms with Crippen LogP contribution >= 0.6 is 0 Å². The van der Waals surface area contributed by atoms with Crippen LogP contribution in [0.25, 0.3) is 0 Å². The summed E-state index contributed by atoms with van der Waals surface area (Å²) in [6.45, 7) is 0.996. The molecule has 2 rings (SSSR count). The highest BCUT2D eigenvalue weighted by Gasteiger charge is 2.12. The molecule has 0 aliphatic heterocycles. The van der Waals surface area contributed by atoms with E-state index in [1.165, 1.54) is 37.7 Å². The zero-order valence-electron chi connectivity index (χ0n) is 8.63. The molecule has 0 unspecified atom stereocenters. The van der Waals surface area contributed by atoms with Crippen molar-refractivity contribution in [3.63, 3.8) is 0 Å². The van der Waals surface area contributed by atoms with E-state index < -0.39 is 0 Å². The first-order valence-corrected chi connectivity index (χ1v) is 5.57. The van der Waals surface area contributed by atoms with Crippen molar-refractivity contribution in [1.82, 2.24) is 5.32 Å². The van der Waals surface area contributed by atoms with Crippen molar-refractivity contribution >= 4 is 0 Å². The second-order valence-corrected chi connectivity index (χ2v) is 4.00. The van der Waals surface area contributed by atoms with Gasteiger partial charge >= 0.3 is 0 Å². The predicted octanol–water partition coefficient (Wildman–Crippen LogP) is 3.27. The van der Waals surface area contributed by atoms with Crippen molar-refractivity contribution in [2.75, 3.05) is 0 Å². The van der Waals surface area contributed by atoms with Crippen LogP contribution in [0.1, 0.15) is 37.7 Å². The monoisotopic (exact) mass is 188 g/mol. The van der Waals surface area contributed by atoms with Gasteiger partial charge in [0.1, 0.15) is 0 Å². The van der Waals surface area contributed by atoms with Crippen LogP contribution in [0, 0.1) is 6.04 Å². The standard InChI is InChI=1S/C13H18N/c1-3-7-12(8-4-1)11-14-13-9-5-2-6-10-13/h1,3-4,7-8,14H,2,5-6,9-11H2. The van der Waals surface area contributed by atoms with Crippen molar-refractivity contribution in [1.29, 1.82) is 0 Å². The number of benzene rings is 1. The molecule has 1 fully saturated rings. The van der Waals surface area contributed by atoms with Crippen molar-refractivity contribution in [3.8, 4) is 0 Å². The van der Waals surface area contributed by atoms with Gasteiger partial charge in [-0.1, -0.05) is 49.6 Å². The molecule has 1 nitrogen and oxygen atoms in total. The highest BCUT2D eigenvalue weighted by molar-refractivity contribution is 5.14. The highest BCUT2D eigenvalue weighted by Crippen LogP contribution is 2.23. The molecule has 1 aliphatic rings. The fourth-order valence-electron chi connectivity index (χ4n) is 1.98. The van der Waals surface area contributed by atoms with E-state index in [9.17, 15) is 0 Å². The minimum Gasteiger partial charge on any atom is -0.305 e. The van der Waals surface area contributed by atoms with Crippen molar-refractivity contribution in [2.24, 2.45) is 0 Å². The van der Waals surface area contributed by atoms with E-state index in [1.54, 1.807) is 6.04 Å². The maximum absolute atomic E-state index is 3.55. The highest BCUT2D eigenvalue weighted by atomic mass is 14.9. The van der Waals surface area contributed by atoms with Crippen LogP contribution in [0.4, 0.5) is 0 Å². The van der Waals surface area contributed by atoms with Crippen LogP contribution in [-0.2, 0) is 6.54 Å². The number of hydrogen-bond acceptors (Lipinski definition) is 1. The van der Waals surface area contributed by atoms with Gasteiger partial charge in [0.2, 0.25) is 0 Å². The summed E-state index contributed by atoms with van der Waals surface area (Å²) in [7, 11) is 0. The molecule has 1 aromatic rings. The molecule has 1 aliphatic carbocycles. The molecule has 0 atom stereocenters. The average Bonchev–Trinajstić information content (AvgIpc) is 2.29. The smallest absolute Gasteiger partial charge is 0.0366 e. The predicted molar refractivity (Wildman–Crippen MR) is 59.6 cm³/mol. The number of hydrogen-bond donors (Lipinski definition) is 1. The van der Waals surface area contributed by atoms with E-state index in [0.717, 1.165) is 6.54 Å². The Morgan fingerprint density at radius 1 is 0.929 bits per heavy atom. The SMILES string of the molecule is c1ccc(CN[C]2CCCCC2)cc1. The number of rotatable bonds is 3. The fourth-order valence-corrected chi connectivity index (χ4v) is 1.98. The molecule has 0 amide bonds. The quantitative estimate of drug-likeness (QED) is 0.767. The molecule has 1 aromatic carbocycles. The molecule has 0 saturated heterocycles. The second kappa shape index (κ2) is 5.16. The van der Waals surface area contributed by atoms with Crippen molar-refractivity contribution < 1.29 is 0 Å². The van der Waals surface area contributed by atoms with Crippen LogP contribution in [0.5, 0.6) is 0 Å². The maximum Gasteiger partial charge on any atom is 0.0366 e. The summed E-state index contributed by atoms with van der Waals surface area (Å²) in [5, 5.41) is 3.55. The Bertz CT molecular complexity index is 249. The van der Waals surface area contributed by atoms with Gasteiger partial charge in [0.25, 0.3) is 0 Å². The first-order chi connectivity index (χ1) is 6.95. The van der Waals surface area contributed by atoms with Gasteiger partial charge in [0.05, 0.1) is 0 Å². The van der Waals surface area contributed by atoms with Crippen LogP contribution in [0.2, 0.25) is 0 Å². The van der Waals surface area contributed by atoms with Gasteiger partial charge in [-0.15, -0.1) is 0 Å². The van der Waals surface area contributed by atoms with Gasteiger partial charge in [-0.25, -0.2) is 0 Å². The van der Waals surface area contributed by atoms with Gasteiger partial charge in [-0.05, 0) is 18.4 Å². The molecule has 75 valence electrons. The number of nitrogens with one attached hydrogen (secondary N) is 1. The third-order valence-electron chi connectivity index (χ3n) is 2.84. The van der Waals surface area contributed by atoms with E-state index in [4.69, 9.17) is 0 Å². The zero-order chi connectivity index (χ0) is 9.64. The van der Waals surface area contributed by atoms with E-state index in [2.05, 4.69) is 35.6 Å². The zero-order valence-corrected chi connectivity index (χ0v) is 8.63. The Balaban J connectivity index is 1.76. The topological polar surface area (TPSA) is 12.0 Å². The lowest BCUT2D eigenvalue weighted by Crippen LogP contribution is -2.22. The molecule has 14 heavy (non-hydrogen) atoms. The Labute approximate surface area is 86.5 Å². The van der Waals surface area contributed by atoms with Gasteiger partial charge in [-0.3, -0.25) is 0 Å². The molecule has 1 radical (unpaired) electrons. The average molecular weight is 188 g/mol. The summed E-state index contributed by atoms with van der Waals surface area (Å²) in [5.74, 6) is 0. The lowest BCUT2D eigenvalue weighted by molar-refractivity contribution is 0.471. The van der Waals surface area contributed by atoms with Crippen molar-refractivity contribution in [2.45, 2.75) is 38.6 Å². The van der Waals surface area contributed by atoms with Gasteiger partial charge in [0, 0.05) is 12.6 Å². The van der Waals surface area contributed by atoms with Gasteiger partial charge in [-0.2, -0.15) is 0 Å². The molecule has 0 aromatic heterocycles. The van der Waals surface area contributed by atoms with Crippen LogP contribution in [-0.4, -0.2) is 0 Å². The fraction of sp³-hybridized carbons (Fsp3) is 0.462. The molecular weight excluding hydrogens is 170 g/mol. The molecule has 0 bridgehead atoms. The van der Waals surface area contributed by atoms with Gasteiger partial charge < -0.3 is 5.32 Å². The van der Waals surface area contributed by atoms with E-state index in [-0.39, 0.29) is 0 Å². The second-order valence-electron chi connectivity index (χ2n) is 4.00. The Morgan fingerprint density at radius 3 is 2.36 bits per heavy atom. The Morgan fingerprint density at radius 2 is 1.64 bits per heavy atom. The molecule has 1 N–H and O–H groups in total. The van der Waals surface area contributed by atoms with E-state index in [0.29, 0.717) is 0 Å². The van der Waals surface area contributed by atoms with E-state index in [1.807, 2.05) is 0 Å². The summed E-state index contributed by atoms with van der Waals surface area (Å²) < 4.78 is 0. The summed E-state index contributed by atoms with van der Waals surface area (Å²) in [6, 6.07) is 12.2. The first-order valence-electron chi connectivity index (χ1n) is 5.57. The van der Waals surface area contributed by atoms with Crippen LogP contribution in [0.15, 0.2) is 30.3 Å². The third kappa shape index (κ3) is 2.85. The molecule has 1 saturated carbocycles. The minimum atomic E-state index is 0.996. The molecule has 0 heterocycles. The minimum absolute atomic E-state index is 0.996. The molecular formula is C13H18N.